The molecule has 0 saturated heterocycles. The van der Waals surface area contributed by atoms with E-state index in [0.717, 1.165) is 25.0 Å². The van der Waals surface area contributed by atoms with Crippen LogP contribution in [0.2, 0.25) is 10.0 Å². The van der Waals surface area contributed by atoms with Crippen LogP contribution in [0.5, 0.6) is 11.5 Å². The third-order valence-corrected chi connectivity index (χ3v) is 8.37. The van der Waals surface area contributed by atoms with Crippen LogP contribution in [0.4, 0.5) is 13.6 Å². The van der Waals surface area contributed by atoms with Gasteiger partial charge < -0.3 is 39.4 Å². The number of carbonyl (C=O) groups excluding carboxylic acids is 3. The van der Waals surface area contributed by atoms with Crippen LogP contribution in [0, 0.1) is 11.6 Å². The quantitative estimate of drug-likeness (QED) is 0.107. The summed E-state index contributed by atoms with van der Waals surface area (Å²) in [6.45, 7) is -1.47. The lowest BCUT2D eigenvalue weighted by atomic mass is 9.60. The Morgan fingerprint density at radius 3 is 2.11 bits per heavy atom. The van der Waals surface area contributed by atoms with Crippen LogP contribution in [-0.2, 0) is 28.2 Å². The molecule has 3 aliphatic rings. The molecule has 248 valence electrons. The minimum Gasteiger partial charge on any atom is -0.486 e. The fraction of sp³-hybridized carbons (Fsp3) is 0.444. The zero-order chi connectivity index (χ0) is 33.3. The molecule has 0 heterocycles. The number of hydrogen-bond donors (Lipinski definition) is 4. The summed E-state index contributed by atoms with van der Waals surface area (Å²) in [7, 11) is -3.00. The number of amides is 1. The van der Waals surface area contributed by atoms with E-state index in [2.05, 4.69) is 19.9 Å². The Hall–Kier alpha value is -3.04. The molecule has 0 spiro atoms. The predicted octanol–water partition coefficient (Wildman–Crippen LogP) is 4.29. The number of benzene rings is 2. The highest BCUT2D eigenvalue weighted by molar-refractivity contribution is 7.46. The van der Waals surface area contributed by atoms with Crippen LogP contribution in [-0.4, -0.2) is 72.4 Å². The molecule has 18 heteroatoms. The number of nitrogens with one attached hydrogen (secondary N) is 2. The third-order valence-electron chi connectivity index (χ3n) is 7.32. The van der Waals surface area contributed by atoms with Gasteiger partial charge in [0.2, 0.25) is 6.79 Å². The Kier molecular flexibility index (Phi) is 12.9. The molecule has 13 nitrogen and oxygen atoms in total. The largest absolute Gasteiger partial charge is 0.510 e. The van der Waals surface area contributed by atoms with Crippen LogP contribution in [0.15, 0.2) is 36.4 Å². The summed E-state index contributed by atoms with van der Waals surface area (Å²) in [6.07, 6.45) is 1.49. The fourth-order valence-electron chi connectivity index (χ4n) is 4.98. The number of phosphoric ester groups is 1. The molecule has 1 unspecified atom stereocenters. The summed E-state index contributed by atoms with van der Waals surface area (Å²) in [5.74, 6) is -1.29. The SMILES string of the molecule is CNC12CCC(NC(=O)COc3ccc(Cl)c(F)c3)(CC1)C(OC(=O)OCOP(=O)(O)O)C2.O=CCOc1ccc(Cl)c(F)c1. The van der Waals surface area contributed by atoms with Gasteiger partial charge in [-0.15, -0.1) is 0 Å². The lowest BCUT2D eigenvalue weighted by molar-refractivity contribution is -0.135. The maximum absolute atomic E-state index is 13.6. The minimum atomic E-state index is -4.81. The lowest BCUT2D eigenvalue weighted by Crippen LogP contribution is -2.70. The minimum absolute atomic E-state index is 0.0356. The highest BCUT2D eigenvalue weighted by Gasteiger charge is 2.56. The monoisotopic (exact) mass is 698 g/mol. The second kappa shape index (κ2) is 16.0. The van der Waals surface area contributed by atoms with Gasteiger partial charge in [0.1, 0.15) is 35.8 Å². The van der Waals surface area contributed by atoms with Crippen LogP contribution in [0.1, 0.15) is 32.1 Å². The van der Waals surface area contributed by atoms with Gasteiger partial charge in [0, 0.05) is 24.1 Å². The molecule has 3 saturated carbocycles. The Labute approximate surface area is 266 Å². The first-order chi connectivity index (χ1) is 21.2. The van der Waals surface area contributed by atoms with Crippen molar-refractivity contribution in [3.63, 3.8) is 0 Å². The first kappa shape index (κ1) is 36.4. The van der Waals surface area contributed by atoms with Crippen molar-refractivity contribution in [1.29, 1.82) is 0 Å². The normalized spacial score (nSPS) is 22.0. The van der Waals surface area contributed by atoms with Crippen molar-refractivity contribution in [2.24, 2.45) is 0 Å². The number of ether oxygens (including phenoxy) is 4. The van der Waals surface area contributed by atoms with Crippen molar-refractivity contribution < 1.29 is 61.0 Å². The number of aldehydes is 1. The van der Waals surface area contributed by atoms with E-state index in [-0.39, 0.29) is 27.9 Å². The van der Waals surface area contributed by atoms with Crippen molar-refractivity contribution in [1.82, 2.24) is 10.6 Å². The number of hydrogen-bond acceptors (Lipinski definition) is 10. The van der Waals surface area contributed by atoms with E-state index in [1.807, 2.05) is 0 Å². The van der Waals surface area contributed by atoms with E-state index < -0.39 is 56.6 Å². The van der Waals surface area contributed by atoms with Crippen LogP contribution in [0.3, 0.4) is 0 Å². The Morgan fingerprint density at radius 1 is 1.02 bits per heavy atom. The standard InChI is InChI=1S/C19H25ClFN2O9P.C8H6ClFO2/c1-22-18-4-6-19(7-5-18,15(9-18)32-17(25)30-11-31-33(26,27)28)23-16(24)10-29-12-2-3-13(20)14(21)8-12;9-7-2-1-6(5-8(7)10)12-4-3-11/h2-3,8,15,22H,4-7,9-11H2,1H3,(H,23,24)(H2,26,27,28);1-3,5H,4H2. The molecule has 3 fully saturated rings. The maximum atomic E-state index is 13.6. The molecule has 1 atom stereocenters. The van der Waals surface area contributed by atoms with Crippen molar-refractivity contribution in [2.45, 2.75) is 49.3 Å². The van der Waals surface area contributed by atoms with Gasteiger partial charge in [-0.25, -0.2) is 22.7 Å². The summed E-state index contributed by atoms with van der Waals surface area (Å²) >= 11 is 11.0. The van der Waals surface area contributed by atoms with E-state index in [9.17, 15) is 27.7 Å². The van der Waals surface area contributed by atoms with Gasteiger partial charge in [-0.2, -0.15) is 0 Å². The van der Waals surface area contributed by atoms with Gasteiger partial charge in [0.05, 0.1) is 15.6 Å². The van der Waals surface area contributed by atoms with Gasteiger partial charge in [0.15, 0.2) is 12.9 Å². The van der Waals surface area contributed by atoms with Crippen molar-refractivity contribution in [3.8, 4) is 11.5 Å². The molecule has 3 aliphatic carbocycles. The second-order valence-electron chi connectivity index (χ2n) is 10.1. The summed E-state index contributed by atoms with van der Waals surface area (Å²) in [6, 6.07) is 7.81. The van der Waals surface area contributed by atoms with E-state index in [0.29, 0.717) is 31.3 Å². The molecule has 0 aromatic heterocycles. The van der Waals surface area contributed by atoms with Crippen molar-refractivity contribution in [2.75, 3.05) is 27.1 Å². The molecule has 5 rings (SSSR count). The first-order valence-electron chi connectivity index (χ1n) is 13.3. The van der Waals surface area contributed by atoms with Crippen LogP contribution >= 0.6 is 31.0 Å². The summed E-state index contributed by atoms with van der Waals surface area (Å²) in [5, 5.41) is 6.12. The Bertz CT molecular complexity index is 1410. The first-order valence-corrected chi connectivity index (χ1v) is 15.6. The summed E-state index contributed by atoms with van der Waals surface area (Å²) in [4.78, 5) is 51.9. The smallest absolute Gasteiger partial charge is 0.486 e. The van der Waals surface area contributed by atoms with Crippen molar-refractivity contribution >= 4 is 49.4 Å². The highest BCUT2D eigenvalue weighted by Crippen LogP contribution is 2.48. The zero-order valence-corrected chi connectivity index (χ0v) is 26.2. The van der Waals surface area contributed by atoms with E-state index in [1.165, 1.54) is 24.3 Å². The van der Waals surface area contributed by atoms with E-state index >= 15 is 0 Å². The molecule has 2 aromatic carbocycles. The second-order valence-corrected chi connectivity index (χ2v) is 12.1. The number of carbonyl (C=O) groups is 3. The molecule has 0 aliphatic heterocycles. The molecule has 2 bridgehead atoms. The van der Waals surface area contributed by atoms with Gasteiger partial charge >= 0.3 is 14.0 Å². The van der Waals surface area contributed by atoms with E-state index in [4.69, 9.17) is 47.2 Å². The zero-order valence-electron chi connectivity index (χ0n) is 23.8. The van der Waals surface area contributed by atoms with Gasteiger partial charge in [0.25, 0.3) is 5.91 Å². The lowest BCUT2D eigenvalue weighted by Gasteiger charge is -2.56. The number of rotatable bonds is 12. The molecule has 0 radical (unpaired) electrons. The molecular weight excluding hydrogens is 668 g/mol. The predicted molar refractivity (Wildman–Crippen MR) is 155 cm³/mol. The van der Waals surface area contributed by atoms with Crippen LogP contribution in [0.25, 0.3) is 0 Å². The third kappa shape index (κ3) is 10.8. The van der Waals surface area contributed by atoms with Gasteiger partial charge in [-0.05, 0) is 57.0 Å². The molecule has 4 N–H and O–H groups in total. The fourth-order valence-corrected chi connectivity index (χ4v) is 5.41. The summed E-state index contributed by atoms with van der Waals surface area (Å²) < 4.78 is 61.2. The number of fused-ring (bicyclic) bond motifs is 3. The highest BCUT2D eigenvalue weighted by atomic mass is 35.5. The topological polar surface area (TPSA) is 179 Å². The average molecular weight is 699 g/mol. The number of halogens is 4. The molecular formula is C27H31Cl2F2N2O11P. The average Bonchev–Trinajstić information content (AvgIpc) is 2.99. The van der Waals surface area contributed by atoms with Gasteiger partial charge in [-0.1, -0.05) is 23.2 Å². The Balaban J connectivity index is 0.000000385. The van der Waals surface area contributed by atoms with E-state index in [1.54, 1.807) is 7.05 Å². The Morgan fingerprint density at radius 2 is 1.60 bits per heavy atom. The van der Waals surface area contributed by atoms with Gasteiger partial charge in [-0.3, -0.25) is 9.59 Å². The van der Waals surface area contributed by atoms with Crippen molar-refractivity contribution in [3.05, 3.63) is 58.1 Å². The molecule has 1 amide bonds. The summed E-state index contributed by atoms with van der Waals surface area (Å²) in [5.41, 5.74) is -1.16. The molecule has 2 aromatic rings. The molecule has 45 heavy (non-hydrogen) atoms. The number of phosphoric acid groups is 1. The maximum Gasteiger partial charge on any atom is 0.510 e. The van der Waals surface area contributed by atoms with Crippen LogP contribution < -0.4 is 20.1 Å².